The van der Waals surface area contributed by atoms with Crippen molar-refractivity contribution in [1.29, 1.82) is 0 Å². The number of amides is 1. The van der Waals surface area contributed by atoms with Gasteiger partial charge in [-0.1, -0.05) is 24.3 Å². The number of nitrogens with one attached hydrogen (secondary N) is 2. The van der Waals surface area contributed by atoms with E-state index < -0.39 is 0 Å². The molecular formula is C27H33N5O. The summed E-state index contributed by atoms with van der Waals surface area (Å²) < 4.78 is 0. The van der Waals surface area contributed by atoms with Crippen LogP contribution in [-0.2, 0) is 0 Å². The minimum Gasteiger partial charge on any atom is -0.362 e. The summed E-state index contributed by atoms with van der Waals surface area (Å²) in [5, 5.41) is 7.97. The van der Waals surface area contributed by atoms with Gasteiger partial charge in [-0.15, -0.1) is 0 Å². The molecule has 1 aromatic heterocycles. The number of hydrogen-bond donors (Lipinski definition) is 2. The Hall–Kier alpha value is -3.15. The molecule has 2 aromatic carbocycles. The summed E-state index contributed by atoms with van der Waals surface area (Å²) in [5.74, 6) is 1.71. The van der Waals surface area contributed by atoms with Gasteiger partial charge in [-0.05, 0) is 80.7 Å². The zero-order chi connectivity index (χ0) is 23.2. The van der Waals surface area contributed by atoms with Crippen LogP contribution in [0.15, 0.2) is 42.5 Å². The van der Waals surface area contributed by atoms with Crippen molar-refractivity contribution in [2.75, 3.05) is 24.3 Å². The number of fused-ring (bicyclic) bond motifs is 1. The molecule has 33 heavy (non-hydrogen) atoms. The highest BCUT2D eigenvalue weighted by molar-refractivity contribution is 5.96. The van der Waals surface area contributed by atoms with Gasteiger partial charge in [0.25, 0.3) is 5.91 Å². The van der Waals surface area contributed by atoms with Crippen molar-refractivity contribution >= 4 is 28.6 Å². The van der Waals surface area contributed by atoms with E-state index in [9.17, 15) is 4.79 Å². The van der Waals surface area contributed by atoms with Crippen LogP contribution in [0.4, 0.5) is 11.8 Å². The van der Waals surface area contributed by atoms with Gasteiger partial charge in [0.05, 0.1) is 5.52 Å². The predicted octanol–water partition coefficient (Wildman–Crippen LogP) is 4.86. The molecule has 6 heteroatoms. The van der Waals surface area contributed by atoms with E-state index >= 15 is 0 Å². The van der Waals surface area contributed by atoms with Crippen LogP contribution in [-0.4, -0.2) is 42.1 Å². The van der Waals surface area contributed by atoms with Gasteiger partial charge < -0.3 is 15.5 Å². The van der Waals surface area contributed by atoms with E-state index in [1.165, 1.54) is 0 Å². The van der Waals surface area contributed by atoms with Crippen molar-refractivity contribution in [3.63, 3.8) is 0 Å². The second-order valence-corrected chi connectivity index (χ2v) is 10.0. The van der Waals surface area contributed by atoms with Gasteiger partial charge in [-0.2, -0.15) is 4.98 Å². The van der Waals surface area contributed by atoms with E-state index in [1.807, 2.05) is 56.3 Å². The van der Waals surface area contributed by atoms with E-state index in [4.69, 9.17) is 9.97 Å². The zero-order valence-electron chi connectivity index (χ0n) is 20.0. The lowest BCUT2D eigenvalue weighted by atomic mass is 9.82. The molecule has 2 saturated carbocycles. The molecule has 0 saturated heterocycles. The monoisotopic (exact) mass is 443 g/mol. The number of carbonyl (C=O) groups excluding carboxylic acids is 1. The molecular weight excluding hydrogens is 410 g/mol. The number of anilines is 2. The summed E-state index contributed by atoms with van der Waals surface area (Å²) in [6.45, 7) is 4.08. The Balaban J connectivity index is 1.21. The fourth-order valence-corrected chi connectivity index (χ4v) is 5.32. The van der Waals surface area contributed by atoms with Gasteiger partial charge in [0.1, 0.15) is 5.82 Å². The normalized spacial score (nSPS) is 24.0. The lowest BCUT2D eigenvalue weighted by Crippen LogP contribution is -2.34. The molecule has 2 N–H and O–H groups in total. The highest BCUT2D eigenvalue weighted by Crippen LogP contribution is 2.56. The molecule has 0 aliphatic heterocycles. The minimum absolute atomic E-state index is 0.0686. The van der Waals surface area contributed by atoms with E-state index in [0.717, 1.165) is 65.5 Å². The van der Waals surface area contributed by atoms with Crippen LogP contribution in [0.25, 0.3) is 10.9 Å². The SMILES string of the molecule is Cc1cccc(C(=O)N[C@@H]2CC23CCC(Nc2nc(N(C)C)c4ccccc4n2)CC3)c1C. The molecule has 172 valence electrons. The fourth-order valence-electron chi connectivity index (χ4n) is 5.32. The van der Waals surface area contributed by atoms with Gasteiger partial charge in [0.2, 0.25) is 5.95 Å². The van der Waals surface area contributed by atoms with Crippen molar-refractivity contribution in [1.82, 2.24) is 15.3 Å². The van der Waals surface area contributed by atoms with Gasteiger partial charge in [-0.3, -0.25) is 4.79 Å². The van der Waals surface area contributed by atoms with Gasteiger partial charge in [0.15, 0.2) is 0 Å². The quantitative estimate of drug-likeness (QED) is 0.590. The predicted molar refractivity (Wildman–Crippen MR) is 134 cm³/mol. The van der Waals surface area contributed by atoms with Crippen molar-refractivity contribution < 1.29 is 4.79 Å². The molecule has 0 radical (unpaired) electrons. The van der Waals surface area contributed by atoms with Crippen LogP contribution in [0.3, 0.4) is 0 Å². The molecule has 1 spiro atoms. The third-order valence-electron chi connectivity index (χ3n) is 7.67. The lowest BCUT2D eigenvalue weighted by Gasteiger charge is -2.30. The van der Waals surface area contributed by atoms with Crippen LogP contribution < -0.4 is 15.5 Å². The molecule has 5 rings (SSSR count). The first-order valence-corrected chi connectivity index (χ1v) is 11.9. The van der Waals surface area contributed by atoms with Crippen LogP contribution >= 0.6 is 0 Å². The summed E-state index contributed by atoms with van der Waals surface area (Å²) in [6, 6.07) is 14.8. The molecule has 1 atom stereocenters. The number of para-hydroxylation sites is 1. The topological polar surface area (TPSA) is 70.2 Å². The number of carbonyl (C=O) groups is 1. The highest BCUT2D eigenvalue weighted by Gasteiger charge is 2.55. The third kappa shape index (κ3) is 4.14. The summed E-state index contributed by atoms with van der Waals surface area (Å²) in [5.41, 5.74) is 4.27. The summed E-state index contributed by atoms with van der Waals surface area (Å²) >= 11 is 0. The third-order valence-corrected chi connectivity index (χ3v) is 7.67. The lowest BCUT2D eigenvalue weighted by molar-refractivity contribution is 0.0941. The summed E-state index contributed by atoms with van der Waals surface area (Å²) in [7, 11) is 4.03. The van der Waals surface area contributed by atoms with Gasteiger partial charge >= 0.3 is 0 Å². The van der Waals surface area contributed by atoms with E-state index in [2.05, 4.69) is 29.7 Å². The van der Waals surface area contributed by atoms with Crippen molar-refractivity contribution in [2.24, 2.45) is 5.41 Å². The molecule has 6 nitrogen and oxygen atoms in total. The zero-order valence-corrected chi connectivity index (χ0v) is 20.0. The van der Waals surface area contributed by atoms with Crippen LogP contribution in [0.5, 0.6) is 0 Å². The number of benzene rings is 2. The van der Waals surface area contributed by atoms with E-state index in [0.29, 0.717) is 18.0 Å². The molecule has 0 bridgehead atoms. The van der Waals surface area contributed by atoms with Crippen molar-refractivity contribution in [2.45, 2.75) is 58.0 Å². The van der Waals surface area contributed by atoms with Crippen molar-refractivity contribution in [3.05, 3.63) is 59.2 Å². The molecule has 1 amide bonds. The Morgan fingerprint density at radius 2 is 1.79 bits per heavy atom. The molecule has 1 heterocycles. The number of hydrogen-bond acceptors (Lipinski definition) is 5. The summed E-state index contributed by atoms with van der Waals surface area (Å²) in [4.78, 5) is 24.4. The van der Waals surface area contributed by atoms with Crippen LogP contribution in [0, 0.1) is 19.3 Å². The minimum atomic E-state index is 0.0686. The average Bonchev–Trinajstić information content (AvgIpc) is 3.47. The van der Waals surface area contributed by atoms with Crippen molar-refractivity contribution in [3.8, 4) is 0 Å². The second-order valence-electron chi connectivity index (χ2n) is 10.0. The van der Waals surface area contributed by atoms with Crippen LogP contribution in [0.1, 0.15) is 53.6 Å². The molecule has 3 aromatic rings. The van der Waals surface area contributed by atoms with Gasteiger partial charge in [0, 0.05) is 37.1 Å². The number of nitrogens with zero attached hydrogens (tertiary/aromatic N) is 3. The number of aryl methyl sites for hydroxylation is 1. The first-order chi connectivity index (χ1) is 15.9. The molecule has 2 aliphatic rings. The van der Waals surface area contributed by atoms with E-state index in [1.54, 1.807) is 0 Å². The van der Waals surface area contributed by atoms with E-state index in [-0.39, 0.29) is 11.3 Å². The average molecular weight is 444 g/mol. The number of aromatic nitrogens is 2. The standard InChI is InChI=1S/C27H33N5O/c1-17-8-7-10-20(18(17)2)25(33)30-23-16-27(23)14-12-19(13-15-27)28-26-29-22-11-6-5-9-21(22)24(31-26)32(3)4/h5-11,19,23H,12-16H2,1-4H3,(H,30,33)(H,28,29,31)/t19?,23-,27?/m1/s1. The fraction of sp³-hybridized carbons (Fsp3) is 0.444. The maximum Gasteiger partial charge on any atom is 0.251 e. The van der Waals surface area contributed by atoms with Crippen LogP contribution in [0.2, 0.25) is 0 Å². The second kappa shape index (κ2) is 8.32. The first kappa shape index (κ1) is 21.7. The molecule has 0 unspecified atom stereocenters. The molecule has 2 fully saturated rings. The molecule has 2 aliphatic carbocycles. The highest BCUT2D eigenvalue weighted by atomic mass is 16.1. The first-order valence-electron chi connectivity index (χ1n) is 11.9. The Morgan fingerprint density at radius 1 is 1.03 bits per heavy atom. The maximum absolute atomic E-state index is 12.8. The van der Waals surface area contributed by atoms with Gasteiger partial charge in [-0.25, -0.2) is 4.98 Å². The summed E-state index contributed by atoms with van der Waals surface area (Å²) in [6.07, 6.45) is 5.48. The Bertz CT molecular complexity index is 1200. The Morgan fingerprint density at radius 3 is 2.55 bits per heavy atom. The Kier molecular flexibility index (Phi) is 5.47. The smallest absolute Gasteiger partial charge is 0.251 e. The maximum atomic E-state index is 12.8. The number of rotatable bonds is 5. The largest absolute Gasteiger partial charge is 0.362 e. The Labute approximate surface area is 195 Å².